The van der Waals surface area contributed by atoms with Crippen LogP contribution in [0.15, 0.2) is 30.5 Å². The zero-order valence-corrected chi connectivity index (χ0v) is 11.5. The Hall–Kier alpha value is -1.19. The molecule has 1 aliphatic rings. The Morgan fingerprint density at radius 3 is 2.89 bits per heavy atom. The van der Waals surface area contributed by atoms with E-state index in [1.807, 2.05) is 6.20 Å². The summed E-state index contributed by atoms with van der Waals surface area (Å²) >= 11 is 1.73. The van der Waals surface area contributed by atoms with Crippen LogP contribution in [0.5, 0.6) is 0 Å². The van der Waals surface area contributed by atoms with E-state index in [2.05, 4.69) is 36.2 Å². The van der Waals surface area contributed by atoms with Crippen molar-refractivity contribution in [3.05, 3.63) is 51.5 Å². The van der Waals surface area contributed by atoms with Crippen molar-refractivity contribution >= 4 is 11.3 Å². The first kappa shape index (κ1) is 11.9. The number of nitrogens with two attached hydrogens (primary N) is 1. The van der Waals surface area contributed by atoms with Crippen LogP contribution in [0.2, 0.25) is 0 Å². The summed E-state index contributed by atoms with van der Waals surface area (Å²) in [6.45, 7) is 2.09. The number of aryl methyl sites for hydroxylation is 2. The number of rotatable bonds is 1. The van der Waals surface area contributed by atoms with Gasteiger partial charge < -0.3 is 5.73 Å². The summed E-state index contributed by atoms with van der Waals surface area (Å²) in [5, 5.41) is 1.06. The van der Waals surface area contributed by atoms with Gasteiger partial charge in [0.25, 0.3) is 0 Å². The molecule has 1 atom stereocenters. The van der Waals surface area contributed by atoms with Crippen LogP contribution in [0.1, 0.15) is 40.3 Å². The average Bonchev–Trinajstić information content (AvgIpc) is 2.74. The van der Waals surface area contributed by atoms with Gasteiger partial charge in [-0.25, -0.2) is 4.98 Å². The molecule has 0 aliphatic heterocycles. The van der Waals surface area contributed by atoms with E-state index in [4.69, 9.17) is 5.73 Å². The van der Waals surface area contributed by atoms with Gasteiger partial charge >= 0.3 is 0 Å². The Balaban J connectivity index is 2.16. The maximum Gasteiger partial charge on any atom is 0.117 e. The fraction of sp³-hybridized carbons (Fsp3) is 0.400. The number of aromatic nitrogens is 1. The molecule has 3 heteroatoms. The molecule has 1 aromatic heterocycles. The molecule has 1 heterocycles. The highest BCUT2D eigenvalue weighted by molar-refractivity contribution is 7.11. The maximum absolute atomic E-state index is 6.75. The normalized spacial score (nSPS) is 23.4. The quantitative estimate of drug-likeness (QED) is 0.796. The second-order valence-electron chi connectivity index (χ2n) is 5.11. The fourth-order valence-corrected chi connectivity index (χ4v) is 3.72. The van der Waals surface area contributed by atoms with Gasteiger partial charge in [-0.1, -0.05) is 30.7 Å². The minimum Gasteiger partial charge on any atom is -0.316 e. The second kappa shape index (κ2) is 4.48. The lowest BCUT2D eigenvalue weighted by Gasteiger charge is -2.28. The zero-order chi connectivity index (χ0) is 12.6. The van der Waals surface area contributed by atoms with Gasteiger partial charge in [0.05, 0.1) is 5.54 Å². The van der Waals surface area contributed by atoms with Gasteiger partial charge in [0.15, 0.2) is 0 Å². The molecule has 1 aromatic carbocycles. The highest BCUT2D eigenvalue weighted by atomic mass is 32.1. The fourth-order valence-electron chi connectivity index (χ4n) is 2.81. The molecule has 0 bridgehead atoms. The number of benzene rings is 1. The Kier molecular flexibility index (Phi) is 2.96. The predicted molar refractivity (Wildman–Crippen MR) is 75.8 cm³/mol. The number of hydrogen-bond acceptors (Lipinski definition) is 3. The second-order valence-corrected chi connectivity index (χ2v) is 6.35. The molecule has 3 rings (SSSR count). The van der Waals surface area contributed by atoms with Gasteiger partial charge in [0, 0.05) is 11.1 Å². The molecule has 0 saturated carbocycles. The zero-order valence-electron chi connectivity index (χ0n) is 10.6. The maximum atomic E-state index is 6.75. The van der Waals surface area contributed by atoms with E-state index >= 15 is 0 Å². The number of fused-ring (bicyclic) bond motifs is 1. The SMILES string of the molecule is Cc1cnc(C2(N)CCCCc3ccccc32)s1. The van der Waals surface area contributed by atoms with Crippen molar-refractivity contribution in [3.8, 4) is 0 Å². The number of nitrogens with zero attached hydrogens (tertiary/aromatic N) is 1. The minimum absolute atomic E-state index is 0.383. The van der Waals surface area contributed by atoms with Crippen molar-refractivity contribution < 1.29 is 0 Å². The average molecular weight is 258 g/mol. The lowest BCUT2D eigenvalue weighted by molar-refractivity contribution is 0.477. The summed E-state index contributed by atoms with van der Waals surface area (Å²) in [6, 6.07) is 8.59. The Morgan fingerprint density at radius 2 is 2.11 bits per heavy atom. The van der Waals surface area contributed by atoms with Gasteiger partial charge in [-0.3, -0.25) is 0 Å². The van der Waals surface area contributed by atoms with Gasteiger partial charge in [-0.2, -0.15) is 0 Å². The number of thiazole rings is 1. The molecule has 0 amide bonds. The van der Waals surface area contributed by atoms with Gasteiger partial charge in [0.1, 0.15) is 5.01 Å². The van der Waals surface area contributed by atoms with Crippen molar-refractivity contribution in [1.82, 2.24) is 4.98 Å². The minimum atomic E-state index is -0.383. The van der Waals surface area contributed by atoms with Crippen LogP contribution < -0.4 is 5.73 Å². The van der Waals surface area contributed by atoms with Crippen LogP contribution in [-0.2, 0) is 12.0 Å². The third-order valence-corrected chi connectivity index (χ3v) is 4.86. The van der Waals surface area contributed by atoms with E-state index in [9.17, 15) is 0 Å². The van der Waals surface area contributed by atoms with Crippen LogP contribution >= 0.6 is 11.3 Å². The largest absolute Gasteiger partial charge is 0.316 e. The molecule has 0 fully saturated rings. The van der Waals surface area contributed by atoms with Gasteiger partial charge in [0.2, 0.25) is 0 Å². The first-order valence-corrected chi connectivity index (χ1v) is 7.32. The van der Waals surface area contributed by atoms with E-state index in [0.717, 1.165) is 17.8 Å². The molecular weight excluding hydrogens is 240 g/mol. The van der Waals surface area contributed by atoms with Crippen LogP contribution in [-0.4, -0.2) is 4.98 Å². The van der Waals surface area contributed by atoms with Gasteiger partial charge in [-0.05, 0) is 37.3 Å². The number of hydrogen-bond donors (Lipinski definition) is 1. The van der Waals surface area contributed by atoms with Crippen molar-refractivity contribution in [1.29, 1.82) is 0 Å². The molecule has 1 aliphatic carbocycles. The van der Waals surface area contributed by atoms with E-state index in [0.29, 0.717) is 0 Å². The molecule has 1 unspecified atom stereocenters. The summed E-state index contributed by atoms with van der Waals surface area (Å²) in [7, 11) is 0. The Bertz CT molecular complexity index is 561. The van der Waals surface area contributed by atoms with Crippen molar-refractivity contribution in [3.63, 3.8) is 0 Å². The summed E-state index contributed by atoms with van der Waals surface area (Å²) in [4.78, 5) is 5.78. The summed E-state index contributed by atoms with van der Waals surface area (Å²) in [5.74, 6) is 0. The molecular formula is C15H18N2S. The molecule has 18 heavy (non-hydrogen) atoms. The lowest BCUT2D eigenvalue weighted by atomic mass is 9.86. The molecule has 0 spiro atoms. The topological polar surface area (TPSA) is 38.9 Å². The van der Waals surface area contributed by atoms with Crippen LogP contribution in [0, 0.1) is 6.92 Å². The summed E-state index contributed by atoms with van der Waals surface area (Å²) in [6.07, 6.45) is 6.46. The first-order chi connectivity index (χ1) is 8.70. The van der Waals surface area contributed by atoms with Crippen LogP contribution in [0.4, 0.5) is 0 Å². The van der Waals surface area contributed by atoms with E-state index in [-0.39, 0.29) is 5.54 Å². The Labute approximate surface area is 112 Å². The molecule has 2 nitrogen and oxygen atoms in total. The third-order valence-electron chi connectivity index (χ3n) is 3.77. The third kappa shape index (κ3) is 1.88. The monoisotopic (exact) mass is 258 g/mol. The standard InChI is InChI=1S/C15H18N2S/c1-11-10-17-14(18-11)15(16)9-5-4-7-12-6-2-3-8-13(12)15/h2-3,6,8,10H,4-5,7,9,16H2,1H3. The smallest absolute Gasteiger partial charge is 0.117 e. The van der Waals surface area contributed by atoms with Crippen LogP contribution in [0.3, 0.4) is 0 Å². The van der Waals surface area contributed by atoms with E-state index in [1.165, 1.54) is 28.8 Å². The molecule has 0 radical (unpaired) electrons. The lowest BCUT2D eigenvalue weighted by Crippen LogP contribution is -2.38. The Morgan fingerprint density at radius 1 is 1.28 bits per heavy atom. The van der Waals surface area contributed by atoms with Crippen molar-refractivity contribution in [2.24, 2.45) is 5.73 Å². The highest BCUT2D eigenvalue weighted by Crippen LogP contribution is 2.38. The molecule has 2 N–H and O–H groups in total. The molecule has 94 valence electrons. The van der Waals surface area contributed by atoms with E-state index < -0.39 is 0 Å². The van der Waals surface area contributed by atoms with E-state index in [1.54, 1.807) is 11.3 Å². The van der Waals surface area contributed by atoms with Crippen molar-refractivity contribution in [2.45, 2.75) is 38.1 Å². The summed E-state index contributed by atoms with van der Waals surface area (Å²) < 4.78 is 0. The highest BCUT2D eigenvalue weighted by Gasteiger charge is 2.35. The first-order valence-electron chi connectivity index (χ1n) is 6.50. The van der Waals surface area contributed by atoms with Gasteiger partial charge in [-0.15, -0.1) is 11.3 Å². The molecule has 2 aromatic rings. The van der Waals surface area contributed by atoms with Crippen LogP contribution in [0.25, 0.3) is 0 Å². The predicted octanol–water partition coefficient (Wildman–Crippen LogP) is 3.38. The molecule has 0 saturated heterocycles. The summed E-state index contributed by atoms with van der Waals surface area (Å²) in [5.41, 5.74) is 9.04. The van der Waals surface area contributed by atoms with Crippen molar-refractivity contribution in [2.75, 3.05) is 0 Å².